The first kappa shape index (κ1) is 23.3. The van der Waals surface area contributed by atoms with Crippen LogP contribution < -0.4 is 13.8 Å². The predicted octanol–water partition coefficient (Wildman–Crippen LogP) is 4.73. The lowest BCUT2D eigenvalue weighted by atomic mass is 10.1. The van der Waals surface area contributed by atoms with Crippen LogP contribution in [0.25, 0.3) is 0 Å². The number of carbonyl (C=O) groups excluding carboxylic acids is 1. The van der Waals surface area contributed by atoms with Crippen molar-refractivity contribution in [1.29, 1.82) is 0 Å². The Bertz CT molecular complexity index is 1220. The van der Waals surface area contributed by atoms with Gasteiger partial charge in [-0.15, -0.1) is 0 Å². The zero-order valence-corrected chi connectivity index (χ0v) is 19.7. The maximum absolute atomic E-state index is 13.4. The van der Waals surface area contributed by atoms with Gasteiger partial charge in [0.25, 0.3) is 15.9 Å². The number of hydrogen-bond acceptors (Lipinski definition) is 5. The van der Waals surface area contributed by atoms with Gasteiger partial charge in [0, 0.05) is 0 Å². The first-order valence-corrected chi connectivity index (χ1v) is 11.6. The number of rotatable bonds is 7. The molecule has 0 atom stereocenters. The Morgan fingerprint density at radius 3 is 2.09 bits per heavy atom. The largest absolute Gasteiger partial charge is 0.497 e. The van der Waals surface area contributed by atoms with Gasteiger partial charge in [0.05, 0.1) is 17.7 Å². The number of benzene rings is 3. The molecule has 0 aliphatic heterocycles. The smallest absolute Gasteiger partial charge is 0.278 e. The van der Waals surface area contributed by atoms with Crippen LogP contribution >= 0.6 is 0 Å². The lowest BCUT2D eigenvalue weighted by molar-refractivity contribution is -0.119. The first-order chi connectivity index (χ1) is 15.1. The number of methoxy groups -OCH3 is 1. The van der Waals surface area contributed by atoms with Crippen LogP contribution in [0.4, 0.5) is 5.69 Å². The summed E-state index contributed by atoms with van der Waals surface area (Å²) in [5.74, 6) is 0.406. The maximum atomic E-state index is 13.4. The third kappa shape index (κ3) is 4.94. The predicted molar refractivity (Wildman–Crippen MR) is 125 cm³/mol. The average molecular weight is 454 g/mol. The third-order valence-electron chi connectivity index (χ3n) is 5.21. The van der Waals surface area contributed by atoms with Crippen LogP contribution in [0.15, 0.2) is 65.6 Å². The fourth-order valence-corrected chi connectivity index (χ4v) is 4.71. The molecule has 0 saturated heterocycles. The van der Waals surface area contributed by atoms with E-state index in [-0.39, 0.29) is 10.6 Å². The minimum Gasteiger partial charge on any atom is -0.497 e. The molecule has 0 aliphatic rings. The quantitative estimate of drug-likeness (QED) is 0.517. The van der Waals surface area contributed by atoms with Crippen LogP contribution in [0.2, 0.25) is 0 Å². The summed E-state index contributed by atoms with van der Waals surface area (Å²) in [5, 5.41) is 0. The normalized spacial score (nSPS) is 11.2. The Morgan fingerprint density at radius 1 is 0.875 bits per heavy atom. The molecule has 32 heavy (non-hydrogen) atoms. The molecule has 0 aliphatic carbocycles. The molecule has 6 nitrogen and oxygen atoms in total. The molecule has 0 aromatic heterocycles. The van der Waals surface area contributed by atoms with Crippen molar-refractivity contribution < 1.29 is 22.7 Å². The van der Waals surface area contributed by atoms with Gasteiger partial charge in [0.2, 0.25) is 0 Å². The molecule has 0 unspecified atom stereocenters. The topological polar surface area (TPSA) is 72.9 Å². The number of anilines is 1. The second-order valence-electron chi connectivity index (χ2n) is 7.67. The van der Waals surface area contributed by atoms with Gasteiger partial charge < -0.3 is 9.47 Å². The number of aryl methyl sites for hydroxylation is 3. The molecule has 1 amide bonds. The number of ether oxygens (including phenoxy) is 2. The monoisotopic (exact) mass is 453 g/mol. The van der Waals surface area contributed by atoms with Crippen molar-refractivity contribution in [2.45, 2.75) is 32.6 Å². The Kier molecular flexibility index (Phi) is 6.89. The summed E-state index contributed by atoms with van der Waals surface area (Å²) in [7, 11) is -2.64. The van der Waals surface area contributed by atoms with E-state index in [1.54, 1.807) is 24.3 Å². The van der Waals surface area contributed by atoms with Crippen molar-refractivity contribution in [2.24, 2.45) is 0 Å². The molecule has 3 rings (SSSR count). The summed E-state index contributed by atoms with van der Waals surface area (Å²) < 4.78 is 38.6. The van der Waals surface area contributed by atoms with Crippen molar-refractivity contribution in [1.82, 2.24) is 0 Å². The van der Waals surface area contributed by atoms with Crippen LogP contribution in [0.5, 0.6) is 11.5 Å². The van der Waals surface area contributed by atoms with Crippen molar-refractivity contribution in [3.63, 3.8) is 0 Å². The number of hydrogen-bond donors (Lipinski definition) is 0. The summed E-state index contributed by atoms with van der Waals surface area (Å²) in [4.78, 5) is 13.3. The van der Waals surface area contributed by atoms with Gasteiger partial charge in [0.15, 0.2) is 6.61 Å². The highest BCUT2D eigenvalue weighted by Gasteiger charge is 2.31. The zero-order valence-electron chi connectivity index (χ0n) is 18.9. The summed E-state index contributed by atoms with van der Waals surface area (Å²) in [6, 6.07) is 16.5. The molecule has 0 heterocycles. The molecule has 0 N–H and O–H groups in total. The lowest BCUT2D eigenvalue weighted by Crippen LogP contribution is -2.40. The Hall–Kier alpha value is -3.32. The van der Waals surface area contributed by atoms with Crippen molar-refractivity contribution >= 4 is 21.6 Å². The van der Waals surface area contributed by atoms with Crippen molar-refractivity contribution in [2.75, 3.05) is 18.0 Å². The molecule has 0 radical (unpaired) electrons. The number of amides is 1. The molecule has 3 aromatic carbocycles. The fourth-order valence-electron chi connectivity index (χ4n) is 3.30. The summed E-state index contributed by atoms with van der Waals surface area (Å²) in [6.07, 6.45) is 0. The van der Waals surface area contributed by atoms with Crippen LogP contribution in [-0.4, -0.2) is 28.0 Å². The minimum atomic E-state index is -4.16. The highest BCUT2D eigenvalue weighted by molar-refractivity contribution is 7.93. The van der Waals surface area contributed by atoms with Gasteiger partial charge in [-0.2, -0.15) is 4.31 Å². The minimum absolute atomic E-state index is 0.0230. The van der Waals surface area contributed by atoms with E-state index >= 15 is 0 Å². The van der Waals surface area contributed by atoms with E-state index in [0.29, 0.717) is 11.5 Å². The van der Waals surface area contributed by atoms with Crippen LogP contribution in [0.1, 0.15) is 22.3 Å². The maximum Gasteiger partial charge on any atom is 0.278 e. The highest BCUT2D eigenvalue weighted by Crippen LogP contribution is 2.28. The molecule has 0 bridgehead atoms. The summed E-state index contributed by atoms with van der Waals surface area (Å²) in [5.41, 5.74) is 4.05. The number of nitrogens with zero attached hydrogens (tertiary/aromatic N) is 1. The van der Waals surface area contributed by atoms with Gasteiger partial charge in [-0.05, 0) is 86.8 Å². The first-order valence-electron chi connectivity index (χ1n) is 10.1. The average Bonchev–Trinajstić information content (AvgIpc) is 2.76. The van der Waals surface area contributed by atoms with E-state index < -0.39 is 22.5 Å². The van der Waals surface area contributed by atoms with E-state index in [1.165, 1.54) is 31.4 Å². The Morgan fingerprint density at radius 2 is 1.50 bits per heavy atom. The molecule has 7 heteroatoms. The number of carbonyl (C=O) groups is 1. The second kappa shape index (κ2) is 9.44. The molecule has 0 saturated carbocycles. The Labute approximate surface area is 189 Å². The molecule has 0 fully saturated rings. The van der Waals surface area contributed by atoms with E-state index in [0.717, 1.165) is 26.6 Å². The molecule has 168 valence electrons. The van der Waals surface area contributed by atoms with E-state index in [4.69, 9.17) is 9.47 Å². The molecule has 3 aromatic rings. The van der Waals surface area contributed by atoms with E-state index in [9.17, 15) is 13.2 Å². The van der Waals surface area contributed by atoms with Crippen molar-refractivity contribution in [3.05, 3.63) is 82.9 Å². The molecular weight excluding hydrogens is 426 g/mol. The SMILES string of the molecule is COc1ccc(N(C(=O)COc2cc(C)cc(C)c2C)S(=O)(=O)c2ccc(C)cc2)cc1. The van der Waals surface area contributed by atoms with Gasteiger partial charge in [-0.25, -0.2) is 8.42 Å². The molecule has 0 spiro atoms. The van der Waals surface area contributed by atoms with Gasteiger partial charge in [0.1, 0.15) is 11.5 Å². The van der Waals surface area contributed by atoms with Crippen molar-refractivity contribution in [3.8, 4) is 11.5 Å². The van der Waals surface area contributed by atoms with E-state index in [2.05, 4.69) is 0 Å². The Balaban J connectivity index is 1.98. The van der Waals surface area contributed by atoms with Gasteiger partial charge in [-0.1, -0.05) is 23.8 Å². The van der Waals surface area contributed by atoms with E-state index in [1.807, 2.05) is 39.8 Å². The molecular formula is C25H27NO5S. The standard InChI is InChI=1S/C25H27NO5S/c1-17-6-12-23(13-7-17)32(28,29)26(21-8-10-22(30-5)11-9-21)25(27)16-31-24-15-18(2)14-19(3)20(24)4/h6-15H,16H2,1-5H3. The lowest BCUT2D eigenvalue weighted by Gasteiger charge is -2.23. The van der Waals surface area contributed by atoms with Crippen LogP contribution in [-0.2, 0) is 14.8 Å². The zero-order chi connectivity index (χ0) is 23.5. The fraction of sp³-hybridized carbons (Fsp3) is 0.240. The van der Waals surface area contributed by atoms with Gasteiger partial charge >= 0.3 is 0 Å². The van der Waals surface area contributed by atoms with Crippen LogP contribution in [0, 0.1) is 27.7 Å². The second-order valence-corrected chi connectivity index (χ2v) is 9.45. The number of sulfonamides is 1. The summed E-state index contributed by atoms with van der Waals surface area (Å²) >= 11 is 0. The summed E-state index contributed by atoms with van der Waals surface area (Å²) in [6.45, 7) is 7.23. The van der Waals surface area contributed by atoms with Crippen LogP contribution in [0.3, 0.4) is 0 Å². The third-order valence-corrected chi connectivity index (χ3v) is 6.97. The van der Waals surface area contributed by atoms with Gasteiger partial charge in [-0.3, -0.25) is 4.79 Å². The highest BCUT2D eigenvalue weighted by atomic mass is 32.2.